The Balaban J connectivity index is 2.94. The van der Waals surface area contributed by atoms with Crippen LogP contribution in [0.5, 0.6) is 0 Å². The lowest BCUT2D eigenvalue weighted by Crippen LogP contribution is -2.24. The number of nitrogens with zero attached hydrogens (tertiary/aromatic N) is 1. The van der Waals surface area contributed by atoms with Gasteiger partial charge in [0.05, 0.1) is 4.92 Å². The highest BCUT2D eigenvalue weighted by atomic mass is 16.6. The molecule has 92 valence electrons. The fourth-order valence-electron chi connectivity index (χ4n) is 1.50. The predicted molar refractivity (Wildman–Crippen MR) is 64.4 cm³/mol. The minimum absolute atomic E-state index is 0.0753. The molecule has 5 N–H and O–H groups in total. The van der Waals surface area contributed by atoms with Gasteiger partial charge in [-0.3, -0.25) is 14.9 Å². The number of nitro benzene ring substituents is 1. The highest BCUT2D eigenvalue weighted by molar-refractivity contribution is 5.77. The Morgan fingerprint density at radius 2 is 2.24 bits per heavy atom. The van der Waals surface area contributed by atoms with E-state index in [2.05, 4.69) is 5.32 Å². The Bertz CT molecular complexity index is 447. The number of primary amides is 1. The third-order valence-corrected chi connectivity index (χ3v) is 2.16. The average molecular weight is 238 g/mol. The van der Waals surface area contributed by atoms with Crippen molar-refractivity contribution in [2.24, 2.45) is 5.73 Å². The number of nitrogens with two attached hydrogens (primary N) is 2. The number of rotatable bonds is 5. The Hall–Kier alpha value is -2.31. The van der Waals surface area contributed by atoms with E-state index in [1.807, 2.05) is 0 Å². The molecule has 0 aliphatic heterocycles. The van der Waals surface area contributed by atoms with Gasteiger partial charge in [-0.25, -0.2) is 0 Å². The fraction of sp³-hybridized carbons (Fsp3) is 0.300. The molecule has 7 heteroatoms. The first-order valence-electron chi connectivity index (χ1n) is 4.99. The summed E-state index contributed by atoms with van der Waals surface area (Å²) in [5, 5.41) is 13.7. The number of hydrogen-bond donors (Lipinski definition) is 3. The Kier molecular flexibility index (Phi) is 3.86. The van der Waals surface area contributed by atoms with Gasteiger partial charge in [-0.15, -0.1) is 0 Å². The average Bonchev–Trinajstić information content (AvgIpc) is 2.15. The van der Waals surface area contributed by atoms with Crippen molar-refractivity contribution in [3.05, 3.63) is 28.3 Å². The summed E-state index contributed by atoms with van der Waals surface area (Å²) in [6, 6.07) is 4.28. The molecule has 1 atom stereocenters. The molecule has 7 nitrogen and oxygen atoms in total. The number of benzene rings is 1. The van der Waals surface area contributed by atoms with E-state index in [4.69, 9.17) is 11.5 Å². The number of carbonyl (C=O) groups excluding carboxylic acids is 1. The maximum Gasteiger partial charge on any atom is 0.314 e. The van der Waals surface area contributed by atoms with E-state index in [9.17, 15) is 14.9 Å². The first-order chi connectivity index (χ1) is 7.91. The van der Waals surface area contributed by atoms with Crippen LogP contribution in [0.25, 0.3) is 0 Å². The molecule has 1 amide bonds. The zero-order valence-corrected chi connectivity index (χ0v) is 9.34. The molecule has 0 bridgehead atoms. The molecule has 0 radical (unpaired) electrons. The van der Waals surface area contributed by atoms with Gasteiger partial charge in [0.25, 0.3) is 0 Å². The SMILES string of the molecule is CC(CC(N)=O)Nc1cccc(N)c1[N+](=O)[O-]. The lowest BCUT2D eigenvalue weighted by atomic mass is 10.2. The smallest absolute Gasteiger partial charge is 0.314 e. The van der Waals surface area contributed by atoms with Crippen LogP contribution in [0.4, 0.5) is 17.1 Å². The van der Waals surface area contributed by atoms with Crippen molar-refractivity contribution < 1.29 is 9.72 Å². The predicted octanol–water partition coefficient (Wildman–Crippen LogP) is 0.853. The van der Waals surface area contributed by atoms with Crippen molar-refractivity contribution in [3.63, 3.8) is 0 Å². The van der Waals surface area contributed by atoms with Gasteiger partial charge >= 0.3 is 5.69 Å². The van der Waals surface area contributed by atoms with E-state index in [1.54, 1.807) is 13.0 Å². The Morgan fingerprint density at radius 1 is 1.59 bits per heavy atom. The summed E-state index contributed by atoms with van der Waals surface area (Å²) in [6.45, 7) is 1.71. The minimum atomic E-state index is -0.561. The summed E-state index contributed by atoms with van der Waals surface area (Å²) >= 11 is 0. The molecule has 0 saturated heterocycles. The highest BCUT2D eigenvalue weighted by Crippen LogP contribution is 2.30. The molecular weight excluding hydrogens is 224 g/mol. The first-order valence-corrected chi connectivity index (χ1v) is 4.99. The number of nitrogens with one attached hydrogen (secondary N) is 1. The van der Waals surface area contributed by atoms with Crippen LogP contribution in [0.3, 0.4) is 0 Å². The van der Waals surface area contributed by atoms with Crippen LogP contribution in [-0.4, -0.2) is 16.9 Å². The first kappa shape index (κ1) is 12.8. The van der Waals surface area contributed by atoms with Crippen LogP contribution in [0, 0.1) is 10.1 Å². The van der Waals surface area contributed by atoms with Crippen molar-refractivity contribution in [1.29, 1.82) is 0 Å². The largest absolute Gasteiger partial charge is 0.393 e. The van der Waals surface area contributed by atoms with Crippen molar-refractivity contribution in [1.82, 2.24) is 0 Å². The normalized spacial score (nSPS) is 11.8. The molecule has 1 unspecified atom stereocenters. The molecule has 1 rings (SSSR count). The lowest BCUT2D eigenvalue weighted by molar-refractivity contribution is -0.383. The van der Waals surface area contributed by atoms with Gasteiger partial charge in [0.2, 0.25) is 5.91 Å². The maximum atomic E-state index is 10.8. The number of nitrogen functional groups attached to an aromatic ring is 1. The maximum absolute atomic E-state index is 10.8. The van der Waals surface area contributed by atoms with Gasteiger partial charge in [0.15, 0.2) is 0 Å². The molecule has 1 aromatic rings. The third kappa shape index (κ3) is 3.33. The molecular formula is C10H14N4O3. The summed E-state index contributed by atoms with van der Waals surface area (Å²) in [4.78, 5) is 21.0. The zero-order valence-electron chi connectivity index (χ0n) is 9.34. The van der Waals surface area contributed by atoms with E-state index in [0.717, 1.165) is 0 Å². The highest BCUT2D eigenvalue weighted by Gasteiger charge is 2.19. The van der Waals surface area contributed by atoms with E-state index in [0.29, 0.717) is 0 Å². The molecule has 0 fully saturated rings. The standard InChI is InChI=1S/C10H14N4O3/c1-6(5-9(12)15)13-8-4-2-3-7(11)10(8)14(16)17/h2-4,6,13H,5,11H2,1H3,(H2,12,15). The van der Waals surface area contributed by atoms with Crippen LogP contribution in [0.1, 0.15) is 13.3 Å². The second-order valence-electron chi connectivity index (χ2n) is 3.72. The van der Waals surface area contributed by atoms with Crippen LogP contribution in [0.15, 0.2) is 18.2 Å². The molecule has 17 heavy (non-hydrogen) atoms. The number of amides is 1. The topological polar surface area (TPSA) is 124 Å². The zero-order chi connectivity index (χ0) is 13.0. The van der Waals surface area contributed by atoms with Crippen LogP contribution >= 0.6 is 0 Å². The van der Waals surface area contributed by atoms with Crippen molar-refractivity contribution >= 4 is 23.0 Å². The molecule has 0 saturated carbocycles. The molecule has 0 aliphatic carbocycles. The second kappa shape index (κ2) is 5.15. The fourth-order valence-corrected chi connectivity index (χ4v) is 1.50. The number of carbonyl (C=O) groups is 1. The van der Waals surface area contributed by atoms with Crippen molar-refractivity contribution in [2.75, 3.05) is 11.1 Å². The van der Waals surface area contributed by atoms with Crippen molar-refractivity contribution in [3.8, 4) is 0 Å². The molecule has 0 spiro atoms. The van der Waals surface area contributed by atoms with Crippen molar-refractivity contribution in [2.45, 2.75) is 19.4 Å². The second-order valence-corrected chi connectivity index (χ2v) is 3.72. The van der Waals surface area contributed by atoms with Crippen LogP contribution in [-0.2, 0) is 4.79 Å². The number of nitro groups is 1. The van der Waals surface area contributed by atoms with Gasteiger partial charge in [0.1, 0.15) is 11.4 Å². The van der Waals surface area contributed by atoms with E-state index < -0.39 is 10.8 Å². The van der Waals surface area contributed by atoms with E-state index in [1.165, 1.54) is 12.1 Å². The molecule has 1 aromatic carbocycles. The van der Waals surface area contributed by atoms with Gasteiger partial charge in [-0.2, -0.15) is 0 Å². The number of hydrogen-bond acceptors (Lipinski definition) is 5. The van der Waals surface area contributed by atoms with E-state index >= 15 is 0 Å². The molecule has 0 aromatic heterocycles. The quantitative estimate of drug-likeness (QED) is 0.398. The minimum Gasteiger partial charge on any atom is -0.393 e. The van der Waals surface area contributed by atoms with Gasteiger partial charge in [-0.1, -0.05) is 6.07 Å². The summed E-state index contributed by atoms with van der Waals surface area (Å²) in [5.74, 6) is -0.475. The Labute approximate surface area is 97.9 Å². The molecule has 0 heterocycles. The monoisotopic (exact) mass is 238 g/mol. The Morgan fingerprint density at radius 3 is 2.76 bits per heavy atom. The third-order valence-electron chi connectivity index (χ3n) is 2.16. The molecule has 0 aliphatic rings. The summed E-state index contributed by atoms with van der Waals surface area (Å²) in [6.07, 6.45) is 0.0892. The van der Waals surface area contributed by atoms with Gasteiger partial charge < -0.3 is 16.8 Å². The number of para-hydroxylation sites is 1. The number of anilines is 2. The summed E-state index contributed by atoms with van der Waals surface area (Å²) in [5.41, 5.74) is 10.7. The van der Waals surface area contributed by atoms with Crippen LogP contribution in [0.2, 0.25) is 0 Å². The van der Waals surface area contributed by atoms with E-state index in [-0.39, 0.29) is 29.5 Å². The van der Waals surface area contributed by atoms with Gasteiger partial charge in [0, 0.05) is 12.5 Å². The lowest BCUT2D eigenvalue weighted by Gasteiger charge is -2.14. The summed E-state index contributed by atoms with van der Waals surface area (Å²) in [7, 11) is 0. The van der Waals surface area contributed by atoms with Crippen LogP contribution < -0.4 is 16.8 Å². The van der Waals surface area contributed by atoms with Gasteiger partial charge in [-0.05, 0) is 19.1 Å². The summed E-state index contributed by atoms with van der Waals surface area (Å²) < 4.78 is 0.